The molecular weight excluding hydrogens is 281 g/mol. The van der Waals surface area contributed by atoms with Crippen molar-refractivity contribution in [2.45, 2.75) is 38.6 Å². The Morgan fingerprint density at radius 1 is 1.32 bits per heavy atom. The van der Waals surface area contributed by atoms with Gasteiger partial charge in [0.1, 0.15) is 11.8 Å². The van der Waals surface area contributed by atoms with Crippen molar-refractivity contribution >= 4 is 5.82 Å². The Morgan fingerprint density at radius 3 is 2.86 bits per heavy atom. The van der Waals surface area contributed by atoms with Crippen molar-refractivity contribution in [2.75, 3.05) is 11.4 Å². The van der Waals surface area contributed by atoms with Gasteiger partial charge in [-0.1, -0.05) is 19.1 Å². The Hall–Kier alpha value is -2.42. The summed E-state index contributed by atoms with van der Waals surface area (Å²) in [6, 6.07) is 8.76. The fourth-order valence-electron chi connectivity index (χ4n) is 2.99. The maximum atomic E-state index is 13.9. The van der Waals surface area contributed by atoms with E-state index in [0.717, 1.165) is 25.8 Å². The van der Waals surface area contributed by atoms with Gasteiger partial charge >= 0.3 is 0 Å². The first kappa shape index (κ1) is 14.5. The van der Waals surface area contributed by atoms with Gasteiger partial charge in [0.25, 0.3) is 0 Å². The maximum Gasteiger partial charge on any atom is 0.207 e. The normalized spacial score (nSPS) is 18.2. The summed E-state index contributed by atoms with van der Waals surface area (Å²) in [6.45, 7) is 3.00. The van der Waals surface area contributed by atoms with Crippen molar-refractivity contribution in [3.05, 3.63) is 35.8 Å². The molecule has 22 heavy (non-hydrogen) atoms. The molecule has 1 aromatic heterocycles. The van der Waals surface area contributed by atoms with Gasteiger partial charge in [0.2, 0.25) is 5.69 Å². The lowest BCUT2D eigenvalue weighted by Gasteiger charge is -2.35. The van der Waals surface area contributed by atoms with Gasteiger partial charge in [-0.15, -0.1) is 15.0 Å². The minimum Gasteiger partial charge on any atom is -0.350 e. The molecule has 2 heterocycles. The third kappa shape index (κ3) is 2.54. The highest BCUT2D eigenvalue weighted by molar-refractivity contribution is 5.51. The number of hydrogen-bond acceptors (Lipinski definition) is 4. The number of rotatable bonds is 3. The maximum absolute atomic E-state index is 13.9. The SMILES string of the molecule is CC[C@H]1CCCCN1c1nn(-c2ccccc2F)nc1C#N. The van der Waals surface area contributed by atoms with E-state index in [4.69, 9.17) is 0 Å². The number of aromatic nitrogens is 3. The van der Waals surface area contributed by atoms with Crippen LogP contribution >= 0.6 is 0 Å². The summed E-state index contributed by atoms with van der Waals surface area (Å²) in [5.74, 6) is 0.163. The van der Waals surface area contributed by atoms with E-state index < -0.39 is 5.82 Å². The second kappa shape index (κ2) is 6.14. The van der Waals surface area contributed by atoms with E-state index >= 15 is 0 Å². The van der Waals surface area contributed by atoms with Crippen LogP contribution in [0.2, 0.25) is 0 Å². The van der Waals surface area contributed by atoms with Crippen LogP contribution in [-0.2, 0) is 0 Å². The zero-order chi connectivity index (χ0) is 15.5. The molecule has 2 aromatic rings. The predicted octanol–water partition coefficient (Wildman–Crippen LogP) is 3.05. The lowest BCUT2D eigenvalue weighted by atomic mass is 10.00. The van der Waals surface area contributed by atoms with E-state index in [-0.39, 0.29) is 11.4 Å². The Morgan fingerprint density at radius 2 is 2.14 bits per heavy atom. The smallest absolute Gasteiger partial charge is 0.207 e. The fourth-order valence-corrected chi connectivity index (χ4v) is 2.99. The molecular formula is C16H18FN5. The minimum absolute atomic E-state index is 0.253. The van der Waals surface area contributed by atoms with Crippen LogP contribution in [0, 0.1) is 17.1 Å². The standard InChI is InChI=1S/C16H18FN5/c1-2-12-7-5-6-10-21(12)16-14(11-18)19-22(20-16)15-9-4-3-8-13(15)17/h3-4,8-9,12H,2,5-7,10H2,1H3/t12-/m0/s1. The van der Waals surface area contributed by atoms with Gasteiger partial charge in [-0.2, -0.15) is 5.26 Å². The van der Waals surface area contributed by atoms with Crippen LogP contribution in [0.15, 0.2) is 24.3 Å². The molecule has 1 aliphatic heterocycles. The lowest BCUT2D eigenvalue weighted by Crippen LogP contribution is -2.39. The van der Waals surface area contributed by atoms with Crippen LogP contribution in [0.1, 0.15) is 38.3 Å². The van der Waals surface area contributed by atoms with Crippen LogP contribution in [0.5, 0.6) is 0 Å². The molecule has 1 saturated heterocycles. The minimum atomic E-state index is -0.403. The molecule has 0 radical (unpaired) electrons. The van der Waals surface area contributed by atoms with Gasteiger partial charge in [0.15, 0.2) is 11.6 Å². The van der Waals surface area contributed by atoms with Gasteiger partial charge < -0.3 is 4.90 Å². The number of para-hydroxylation sites is 1. The number of halogens is 1. The van der Waals surface area contributed by atoms with Crippen molar-refractivity contribution in [2.24, 2.45) is 0 Å². The molecule has 1 aromatic carbocycles. The Balaban J connectivity index is 2.02. The lowest BCUT2D eigenvalue weighted by molar-refractivity contribution is 0.445. The number of benzene rings is 1. The third-order valence-corrected chi connectivity index (χ3v) is 4.14. The van der Waals surface area contributed by atoms with E-state index in [9.17, 15) is 9.65 Å². The summed E-state index contributed by atoms with van der Waals surface area (Å²) in [4.78, 5) is 3.37. The molecule has 5 nitrogen and oxygen atoms in total. The summed E-state index contributed by atoms with van der Waals surface area (Å²) < 4.78 is 13.9. The van der Waals surface area contributed by atoms with Crippen LogP contribution in [-0.4, -0.2) is 27.6 Å². The zero-order valence-electron chi connectivity index (χ0n) is 12.5. The molecule has 0 bridgehead atoms. The summed E-state index contributed by atoms with van der Waals surface area (Å²) in [5, 5.41) is 17.9. The van der Waals surface area contributed by atoms with Crippen molar-refractivity contribution in [3.63, 3.8) is 0 Å². The van der Waals surface area contributed by atoms with Crippen LogP contribution in [0.4, 0.5) is 10.2 Å². The zero-order valence-corrected chi connectivity index (χ0v) is 12.5. The van der Waals surface area contributed by atoms with Gasteiger partial charge in [0.05, 0.1) is 0 Å². The average Bonchev–Trinajstić information content (AvgIpc) is 2.99. The van der Waals surface area contributed by atoms with Gasteiger partial charge in [-0.3, -0.25) is 0 Å². The Bertz CT molecular complexity index is 703. The predicted molar refractivity (Wildman–Crippen MR) is 81.3 cm³/mol. The number of nitrogens with zero attached hydrogens (tertiary/aromatic N) is 5. The molecule has 0 unspecified atom stereocenters. The summed E-state index contributed by atoms with van der Waals surface area (Å²) in [5.41, 5.74) is 0.513. The Labute approximate surface area is 129 Å². The Kier molecular flexibility index (Phi) is 4.05. The first-order valence-electron chi connectivity index (χ1n) is 7.63. The summed E-state index contributed by atoms with van der Waals surface area (Å²) in [7, 11) is 0. The second-order valence-electron chi connectivity index (χ2n) is 5.48. The molecule has 3 rings (SSSR count). The van der Waals surface area contributed by atoms with Crippen LogP contribution in [0.3, 0.4) is 0 Å². The number of anilines is 1. The molecule has 1 atom stereocenters. The monoisotopic (exact) mass is 299 g/mol. The van der Waals surface area contributed by atoms with Gasteiger partial charge in [0, 0.05) is 12.6 Å². The van der Waals surface area contributed by atoms with E-state index in [1.54, 1.807) is 18.2 Å². The number of nitriles is 1. The molecule has 0 saturated carbocycles. The number of hydrogen-bond donors (Lipinski definition) is 0. The molecule has 0 aliphatic carbocycles. The molecule has 1 fully saturated rings. The van der Waals surface area contributed by atoms with E-state index in [2.05, 4.69) is 28.1 Å². The summed E-state index contributed by atoms with van der Waals surface area (Å²) in [6.07, 6.45) is 4.36. The molecule has 0 N–H and O–H groups in total. The average molecular weight is 299 g/mol. The van der Waals surface area contributed by atoms with Gasteiger partial charge in [-0.25, -0.2) is 4.39 Å². The quantitative estimate of drug-likeness (QED) is 0.874. The highest BCUT2D eigenvalue weighted by Crippen LogP contribution is 2.27. The number of piperidine rings is 1. The molecule has 114 valence electrons. The van der Waals surface area contributed by atoms with Crippen molar-refractivity contribution < 1.29 is 4.39 Å². The molecule has 6 heteroatoms. The first-order chi connectivity index (χ1) is 10.7. The van der Waals surface area contributed by atoms with E-state index in [0.29, 0.717) is 11.9 Å². The third-order valence-electron chi connectivity index (χ3n) is 4.14. The van der Waals surface area contributed by atoms with Crippen molar-refractivity contribution in [1.29, 1.82) is 5.26 Å². The molecule has 0 spiro atoms. The highest BCUT2D eigenvalue weighted by Gasteiger charge is 2.27. The summed E-state index contributed by atoms with van der Waals surface area (Å²) >= 11 is 0. The first-order valence-corrected chi connectivity index (χ1v) is 7.63. The largest absolute Gasteiger partial charge is 0.350 e. The van der Waals surface area contributed by atoms with Gasteiger partial charge in [-0.05, 0) is 37.8 Å². The molecule has 0 amide bonds. The van der Waals surface area contributed by atoms with Crippen molar-refractivity contribution in [1.82, 2.24) is 15.0 Å². The second-order valence-corrected chi connectivity index (χ2v) is 5.48. The van der Waals surface area contributed by atoms with Crippen molar-refractivity contribution in [3.8, 4) is 11.8 Å². The van der Waals surface area contributed by atoms with Crippen LogP contribution in [0.25, 0.3) is 5.69 Å². The fraction of sp³-hybridized carbons (Fsp3) is 0.438. The van der Waals surface area contributed by atoms with E-state index in [1.807, 2.05) is 0 Å². The van der Waals surface area contributed by atoms with Crippen LogP contribution < -0.4 is 4.90 Å². The highest BCUT2D eigenvalue weighted by atomic mass is 19.1. The molecule has 1 aliphatic rings. The topological polar surface area (TPSA) is 57.7 Å². The van der Waals surface area contributed by atoms with E-state index in [1.165, 1.54) is 17.3 Å².